The predicted octanol–water partition coefficient (Wildman–Crippen LogP) is 2.20. The van der Waals surface area contributed by atoms with Crippen LogP contribution in [0.25, 0.3) is 0 Å². The highest BCUT2D eigenvalue weighted by molar-refractivity contribution is 14.1. The first-order valence-electron chi connectivity index (χ1n) is 4.74. The summed E-state index contributed by atoms with van der Waals surface area (Å²) in [5.74, 6) is 1.65. The molecule has 0 amide bonds. The largest absolute Gasteiger partial charge is 0.497 e. The van der Waals surface area contributed by atoms with Gasteiger partial charge < -0.3 is 15.2 Å². The van der Waals surface area contributed by atoms with E-state index in [2.05, 4.69) is 22.6 Å². The minimum atomic E-state index is 0.135. The van der Waals surface area contributed by atoms with Crippen LogP contribution in [0.15, 0.2) is 12.1 Å². The molecule has 0 saturated carbocycles. The molecule has 2 N–H and O–H groups in total. The summed E-state index contributed by atoms with van der Waals surface area (Å²) in [5.41, 5.74) is 6.96. The van der Waals surface area contributed by atoms with Gasteiger partial charge in [-0.1, -0.05) is 0 Å². The zero-order valence-corrected chi connectivity index (χ0v) is 11.4. The number of hydrogen-bond donors (Lipinski definition) is 1. The maximum absolute atomic E-state index is 5.79. The first-order valence-corrected chi connectivity index (χ1v) is 5.82. The second-order valence-electron chi connectivity index (χ2n) is 3.48. The monoisotopic (exact) mass is 321 g/mol. The first-order chi connectivity index (χ1) is 7.08. The molecule has 4 heteroatoms. The molecule has 0 aromatic heterocycles. The second-order valence-corrected chi connectivity index (χ2v) is 4.56. The number of halogens is 1. The molecule has 1 aromatic rings. The third kappa shape index (κ3) is 3.24. The highest BCUT2D eigenvalue weighted by Gasteiger charge is 2.10. The van der Waals surface area contributed by atoms with E-state index in [0.29, 0.717) is 0 Å². The van der Waals surface area contributed by atoms with Gasteiger partial charge in [-0.05, 0) is 47.6 Å². The first kappa shape index (κ1) is 12.6. The van der Waals surface area contributed by atoms with Gasteiger partial charge in [0, 0.05) is 12.1 Å². The van der Waals surface area contributed by atoms with E-state index >= 15 is 0 Å². The van der Waals surface area contributed by atoms with Gasteiger partial charge in [0.15, 0.2) is 0 Å². The number of rotatable bonds is 4. The zero-order chi connectivity index (χ0) is 11.4. The van der Waals surface area contributed by atoms with E-state index in [1.165, 1.54) is 5.56 Å². The van der Waals surface area contributed by atoms with Crippen LogP contribution in [0.4, 0.5) is 0 Å². The van der Waals surface area contributed by atoms with Gasteiger partial charge in [0.1, 0.15) is 11.5 Å². The lowest BCUT2D eigenvalue weighted by Crippen LogP contribution is -2.18. The Hall–Kier alpha value is -0.490. The summed E-state index contributed by atoms with van der Waals surface area (Å²) in [6.45, 7) is 1.99. The molecule has 0 bridgehead atoms. The number of benzene rings is 1. The van der Waals surface area contributed by atoms with Crippen molar-refractivity contribution in [1.29, 1.82) is 0 Å². The molecule has 0 fully saturated rings. The fraction of sp³-hybridized carbons (Fsp3) is 0.455. The average Bonchev–Trinajstić information content (AvgIpc) is 2.20. The molecule has 1 rings (SSSR count). The van der Waals surface area contributed by atoms with Crippen LogP contribution in [-0.2, 0) is 6.42 Å². The van der Waals surface area contributed by atoms with Gasteiger partial charge in [-0.25, -0.2) is 0 Å². The molecule has 84 valence electrons. The molecule has 0 heterocycles. The molecule has 0 saturated heterocycles. The zero-order valence-electron chi connectivity index (χ0n) is 9.21. The van der Waals surface area contributed by atoms with Crippen molar-refractivity contribution in [3.05, 3.63) is 21.3 Å². The Morgan fingerprint density at radius 2 is 2.00 bits per heavy atom. The van der Waals surface area contributed by atoms with Crippen LogP contribution in [-0.4, -0.2) is 20.3 Å². The molecule has 0 aliphatic heterocycles. The molecule has 0 unspecified atom stereocenters. The third-order valence-electron chi connectivity index (χ3n) is 2.09. The van der Waals surface area contributed by atoms with Gasteiger partial charge in [-0.15, -0.1) is 0 Å². The topological polar surface area (TPSA) is 44.5 Å². The fourth-order valence-corrected chi connectivity index (χ4v) is 2.14. The van der Waals surface area contributed by atoms with E-state index < -0.39 is 0 Å². The van der Waals surface area contributed by atoms with Crippen molar-refractivity contribution in [3.63, 3.8) is 0 Å². The van der Waals surface area contributed by atoms with Crippen LogP contribution in [0.1, 0.15) is 12.5 Å². The molecule has 0 aliphatic carbocycles. The second kappa shape index (κ2) is 5.55. The van der Waals surface area contributed by atoms with Crippen molar-refractivity contribution in [3.8, 4) is 11.5 Å². The Balaban J connectivity index is 3.12. The highest BCUT2D eigenvalue weighted by Crippen LogP contribution is 2.30. The predicted molar refractivity (Wildman–Crippen MR) is 69.6 cm³/mol. The van der Waals surface area contributed by atoms with Crippen molar-refractivity contribution in [2.75, 3.05) is 14.2 Å². The van der Waals surface area contributed by atoms with Crippen LogP contribution >= 0.6 is 22.6 Å². The summed E-state index contributed by atoms with van der Waals surface area (Å²) in [7, 11) is 3.31. The van der Waals surface area contributed by atoms with Gasteiger partial charge in [0.2, 0.25) is 0 Å². The van der Waals surface area contributed by atoms with Crippen molar-refractivity contribution in [1.82, 2.24) is 0 Å². The molecular formula is C11H16INO2. The lowest BCUT2D eigenvalue weighted by Gasteiger charge is -2.13. The molecule has 1 aromatic carbocycles. The summed E-state index contributed by atoms with van der Waals surface area (Å²) >= 11 is 2.27. The molecule has 0 spiro atoms. The van der Waals surface area contributed by atoms with Crippen LogP contribution in [0, 0.1) is 3.57 Å². The number of ether oxygens (including phenoxy) is 2. The van der Waals surface area contributed by atoms with E-state index in [0.717, 1.165) is 21.5 Å². The molecule has 15 heavy (non-hydrogen) atoms. The van der Waals surface area contributed by atoms with Crippen molar-refractivity contribution < 1.29 is 9.47 Å². The lowest BCUT2D eigenvalue weighted by molar-refractivity contribution is 0.391. The molecular weight excluding hydrogens is 305 g/mol. The minimum Gasteiger partial charge on any atom is -0.497 e. The van der Waals surface area contributed by atoms with Crippen molar-refractivity contribution in [2.24, 2.45) is 5.73 Å². The molecule has 1 atom stereocenters. The van der Waals surface area contributed by atoms with Gasteiger partial charge in [0.25, 0.3) is 0 Å². The van der Waals surface area contributed by atoms with E-state index in [1.54, 1.807) is 14.2 Å². The molecule has 0 radical (unpaired) electrons. The summed E-state index contributed by atoms with van der Waals surface area (Å²) in [6.07, 6.45) is 0.825. The van der Waals surface area contributed by atoms with Crippen molar-refractivity contribution in [2.45, 2.75) is 19.4 Å². The summed E-state index contributed by atoms with van der Waals surface area (Å²) in [4.78, 5) is 0. The summed E-state index contributed by atoms with van der Waals surface area (Å²) < 4.78 is 11.6. The van der Waals surface area contributed by atoms with Gasteiger partial charge >= 0.3 is 0 Å². The van der Waals surface area contributed by atoms with Crippen molar-refractivity contribution >= 4 is 22.6 Å². The van der Waals surface area contributed by atoms with Gasteiger partial charge in [-0.3, -0.25) is 0 Å². The Kier molecular flexibility index (Phi) is 4.66. The quantitative estimate of drug-likeness (QED) is 0.865. The van der Waals surface area contributed by atoms with Gasteiger partial charge in [-0.2, -0.15) is 0 Å². The number of hydrogen-bond acceptors (Lipinski definition) is 3. The average molecular weight is 321 g/mol. The van der Waals surface area contributed by atoms with Crippen LogP contribution in [0.3, 0.4) is 0 Å². The normalized spacial score (nSPS) is 12.3. The highest BCUT2D eigenvalue weighted by atomic mass is 127. The smallest absolute Gasteiger partial charge is 0.136 e. The summed E-state index contributed by atoms with van der Waals surface area (Å²) in [5, 5.41) is 0. The van der Waals surface area contributed by atoms with Gasteiger partial charge in [0.05, 0.1) is 17.8 Å². The standard InChI is InChI=1S/C11H16INO2/c1-7(13)4-8-5-9(14-2)6-10(15-3)11(8)12/h5-7H,4,13H2,1-3H3/t7-/m0/s1. The van der Waals surface area contributed by atoms with Crippen LogP contribution in [0.5, 0.6) is 11.5 Å². The van der Waals surface area contributed by atoms with E-state index in [4.69, 9.17) is 15.2 Å². The minimum absolute atomic E-state index is 0.135. The SMILES string of the molecule is COc1cc(C[C@H](C)N)c(I)c(OC)c1. The molecule has 0 aliphatic rings. The Morgan fingerprint density at radius 3 is 2.47 bits per heavy atom. The number of nitrogens with two attached hydrogens (primary N) is 1. The summed E-state index contributed by atoms with van der Waals surface area (Å²) in [6, 6.07) is 4.02. The third-order valence-corrected chi connectivity index (χ3v) is 3.31. The van der Waals surface area contributed by atoms with E-state index in [9.17, 15) is 0 Å². The van der Waals surface area contributed by atoms with E-state index in [1.807, 2.05) is 19.1 Å². The lowest BCUT2D eigenvalue weighted by atomic mass is 10.1. The Bertz CT molecular complexity index is 340. The fourth-order valence-electron chi connectivity index (χ4n) is 1.39. The Morgan fingerprint density at radius 1 is 1.33 bits per heavy atom. The van der Waals surface area contributed by atoms with E-state index in [-0.39, 0.29) is 6.04 Å². The maximum Gasteiger partial charge on any atom is 0.136 e. The molecule has 3 nitrogen and oxygen atoms in total. The van der Waals surface area contributed by atoms with Crippen LogP contribution in [0.2, 0.25) is 0 Å². The maximum atomic E-state index is 5.79. The van der Waals surface area contributed by atoms with Crippen LogP contribution < -0.4 is 15.2 Å². The number of methoxy groups -OCH3 is 2. The Labute approximate surface area is 104 Å².